The number of ether oxygens (including phenoxy) is 2. The Morgan fingerprint density at radius 3 is 2.35 bits per heavy atom. The molecule has 0 aromatic heterocycles. The number of Topliss-reactive ketones (excluding diaryl/α,β-unsaturated/α-hetero) is 1. The Morgan fingerprint density at radius 2 is 1.74 bits per heavy atom. The summed E-state index contributed by atoms with van der Waals surface area (Å²) in [6, 6.07) is 19.2. The van der Waals surface area contributed by atoms with Gasteiger partial charge in [0.2, 0.25) is 5.78 Å². The fourth-order valence-corrected chi connectivity index (χ4v) is 4.90. The molecule has 0 N–H and O–H groups in total. The maximum absolute atomic E-state index is 13.4. The largest absolute Gasteiger partial charge is 0.497 e. The summed E-state index contributed by atoms with van der Waals surface area (Å²) in [4.78, 5) is 25.2. The molecule has 0 heterocycles. The molecular weight excluding hydrogens is 474 g/mol. The second-order valence-corrected chi connectivity index (χ2v) is 9.45. The van der Waals surface area contributed by atoms with Crippen molar-refractivity contribution in [2.24, 2.45) is 0 Å². The quantitative estimate of drug-likeness (QED) is 0.120. The van der Waals surface area contributed by atoms with Crippen molar-refractivity contribution in [1.82, 2.24) is 0 Å². The lowest BCUT2D eigenvalue weighted by atomic mass is 10.1. The summed E-state index contributed by atoms with van der Waals surface area (Å²) in [6.45, 7) is 0. The highest BCUT2D eigenvalue weighted by Crippen LogP contribution is 2.34. The molecular formula is C25H23NO6S2. The van der Waals surface area contributed by atoms with Gasteiger partial charge < -0.3 is 9.47 Å². The summed E-state index contributed by atoms with van der Waals surface area (Å²) >= 11 is 1.48. The molecule has 176 valence electrons. The average molecular weight is 498 g/mol. The van der Waals surface area contributed by atoms with Crippen LogP contribution in [0.4, 0.5) is 5.69 Å². The predicted molar refractivity (Wildman–Crippen MR) is 135 cm³/mol. The SMILES string of the molecule is COc1ccc(CSc2ccccc2C(=O)/C(=C/c2cccc(OC)c2[N+](=O)[O-])S(C)=O)cc1. The van der Waals surface area contributed by atoms with Gasteiger partial charge in [0.15, 0.2) is 5.75 Å². The highest BCUT2D eigenvalue weighted by molar-refractivity contribution is 7.98. The third-order valence-electron chi connectivity index (χ3n) is 4.94. The van der Waals surface area contributed by atoms with E-state index in [1.807, 2.05) is 36.4 Å². The van der Waals surface area contributed by atoms with E-state index in [1.54, 1.807) is 25.3 Å². The molecule has 0 spiro atoms. The molecule has 0 saturated carbocycles. The van der Waals surface area contributed by atoms with E-state index in [2.05, 4.69) is 0 Å². The summed E-state index contributed by atoms with van der Waals surface area (Å²) in [7, 11) is 1.24. The number of carbonyl (C=O) groups is 1. The lowest BCUT2D eigenvalue weighted by Crippen LogP contribution is -2.09. The number of benzene rings is 3. The van der Waals surface area contributed by atoms with Crippen molar-refractivity contribution in [3.63, 3.8) is 0 Å². The van der Waals surface area contributed by atoms with E-state index in [0.717, 1.165) is 16.2 Å². The molecule has 0 radical (unpaired) electrons. The van der Waals surface area contributed by atoms with Crippen LogP contribution in [0, 0.1) is 10.1 Å². The second-order valence-electron chi connectivity index (χ2n) is 7.08. The van der Waals surface area contributed by atoms with E-state index in [4.69, 9.17) is 9.47 Å². The zero-order valence-electron chi connectivity index (χ0n) is 18.8. The average Bonchev–Trinajstić information content (AvgIpc) is 2.85. The van der Waals surface area contributed by atoms with Crippen molar-refractivity contribution in [2.75, 3.05) is 20.5 Å². The maximum Gasteiger partial charge on any atom is 0.318 e. The number of nitro benzene ring substituents is 1. The first-order valence-electron chi connectivity index (χ1n) is 10.1. The number of hydrogen-bond acceptors (Lipinski definition) is 7. The van der Waals surface area contributed by atoms with E-state index in [1.165, 1.54) is 43.3 Å². The maximum atomic E-state index is 13.4. The van der Waals surface area contributed by atoms with Gasteiger partial charge in [-0.1, -0.05) is 30.3 Å². The zero-order chi connectivity index (χ0) is 24.7. The van der Waals surface area contributed by atoms with Gasteiger partial charge in [-0.25, -0.2) is 0 Å². The molecule has 0 bridgehead atoms. The molecule has 0 saturated heterocycles. The molecule has 3 rings (SSSR count). The molecule has 0 aliphatic rings. The van der Waals surface area contributed by atoms with Crippen LogP contribution in [-0.2, 0) is 16.6 Å². The first-order valence-corrected chi connectivity index (χ1v) is 12.7. The molecule has 0 aliphatic heterocycles. The Kier molecular flexibility index (Phi) is 8.61. The van der Waals surface area contributed by atoms with Gasteiger partial charge >= 0.3 is 5.69 Å². The van der Waals surface area contributed by atoms with Crippen LogP contribution in [0.25, 0.3) is 6.08 Å². The predicted octanol–water partition coefficient (Wildman–Crippen LogP) is 5.51. The third kappa shape index (κ3) is 5.92. The van der Waals surface area contributed by atoms with Gasteiger partial charge in [-0.15, -0.1) is 11.8 Å². The van der Waals surface area contributed by atoms with Crippen molar-refractivity contribution in [2.45, 2.75) is 10.6 Å². The van der Waals surface area contributed by atoms with Gasteiger partial charge in [0.25, 0.3) is 0 Å². The van der Waals surface area contributed by atoms with Gasteiger partial charge in [0.1, 0.15) is 5.75 Å². The second kappa shape index (κ2) is 11.6. The number of nitrogens with zero attached hydrogens (tertiary/aromatic N) is 1. The summed E-state index contributed by atoms with van der Waals surface area (Å²) in [5.41, 5.74) is 1.29. The molecule has 34 heavy (non-hydrogen) atoms. The molecule has 0 amide bonds. The molecule has 3 aromatic carbocycles. The third-order valence-corrected chi connectivity index (χ3v) is 7.01. The molecule has 0 fully saturated rings. The van der Waals surface area contributed by atoms with Crippen LogP contribution in [0.5, 0.6) is 11.5 Å². The Hall–Kier alpha value is -3.43. The van der Waals surface area contributed by atoms with Crippen LogP contribution < -0.4 is 9.47 Å². The lowest BCUT2D eigenvalue weighted by Gasteiger charge is -2.11. The summed E-state index contributed by atoms with van der Waals surface area (Å²) in [6.07, 6.45) is 2.69. The van der Waals surface area contributed by atoms with E-state index < -0.39 is 21.5 Å². The number of para-hydroxylation sites is 1. The number of ketones is 1. The van der Waals surface area contributed by atoms with Crippen LogP contribution >= 0.6 is 11.8 Å². The standard InChI is InChI=1S/C25H23NO6S2/c1-31-19-13-11-17(12-14-19)16-33-22-10-5-4-8-20(22)25(27)23(34(3)30)15-18-7-6-9-21(32-2)24(18)26(28)29/h4-15H,16H2,1-3H3/b23-15-. The van der Waals surface area contributed by atoms with Crippen LogP contribution in [0.2, 0.25) is 0 Å². The number of carbonyl (C=O) groups excluding carboxylic acids is 1. The first kappa shape index (κ1) is 25.2. The fourth-order valence-electron chi connectivity index (χ4n) is 3.23. The lowest BCUT2D eigenvalue weighted by molar-refractivity contribution is -0.386. The van der Waals surface area contributed by atoms with E-state index in [0.29, 0.717) is 11.3 Å². The number of allylic oxidation sites excluding steroid dienone is 1. The molecule has 1 atom stereocenters. The number of methoxy groups -OCH3 is 2. The summed E-state index contributed by atoms with van der Waals surface area (Å²) < 4.78 is 22.8. The summed E-state index contributed by atoms with van der Waals surface area (Å²) in [5.74, 6) is 0.985. The monoisotopic (exact) mass is 497 g/mol. The Bertz CT molecular complexity index is 1250. The Morgan fingerprint density at radius 1 is 1.03 bits per heavy atom. The van der Waals surface area contributed by atoms with Crippen LogP contribution in [0.1, 0.15) is 21.5 Å². The highest BCUT2D eigenvalue weighted by Gasteiger charge is 2.24. The van der Waals surface area contributed by atoms with E-state index >= 15 is 0 Å². The Balaban J connectivity index is 1.96. The molecule has 9 heteroatoms. The van der Waals surface area contributed by atoms with E-state index in [-0.39, 0.29) is 21.9 Å². The first-order chi connectivity index (χ1) is 16.3. The molecule has 0 aliphatic carbocycles. The van der Waals surface area contributed by atoms with Gasteiger partial charge in [-0.2, -0.15) is 0 Å². The minimum Gasteiger partial charge on any atom is -0.497 e. The van der Waals surface area contributed by atoms with Gasteiger partial charge in [-0.3, -0.25) is 19.1 Å². The minimum atomic E-state index is -1.69. The zero-order valence-corrected chi connectivity index (χ0v) is 20.5. The van der Waals surface area contributed by atoms with Crippen molar-refractivity contribution >= 4 is 40.1 Å². The molecule has 7 nitrogen and oxygen atoms in total. The van der Waals surface area contributed by atoms with Crippen LogP contribution in [0.3, 0.4) is 0 Å². The van der Waals surface area contributed by atoms with Crippen LogP contribution in [-0.4, -0.2) is 35.4 Å². The highest BCUT2D eigenvalue weighted by atomic mass is 32.2. The normalized spacial score (nSPS) is 12.1. The van der Waals surface area contributed by atoms with E-state index in [9.17, 15) is 19.1 Å². The van der Waals surface area contributed by atoms with Gasteiger partial charge in [0, 0.05) is 22.5 Å². The minimum absolute atomic E-state index is 0.0335. The van der Waals surface area contributed by atoms with Crippen molar-refractivity contribution < 1.29 is 23.4 Å². The van der Waals surface area contributed by atoms with Gasteiger partial charge in [-0.05, 0) is 48.0 Å². The smallest absolute Gasteiger partial charge is 0.318 e. The number of hydrogen-bond donors (Lipinski definition) is 0. The van der Waals surface area contributed by atoms with Crippen molar-refractivity contribution in [3.8, 4) is 11.5 Å². The van der Waals surface area contributed by atoms with Gasteiger partial charge in [0.05, 0.1) is 40.4 Å². The van der Waals surface area contributed by atoms with Crippen LogP contribution in [0.15, 0.2) is 76.5 Å². The van der Waals surface area contributed by atoms with Crippen molar-refractivity contribution in [1.29, 1.82) is 0 Å². The number of thioether (sulfide) groups is 1. The molecule has 1 unspecified atom stereocenters. The number of nitro groups is 1. The molecule has 3 aromatic rings. The van der Waals surface area contributed by atoms with Crippen molar-refractivity contribution in [3.05, 3.63) is 98.4 Å². The Labute approximate surface area is 204 Å². The topological polar surface area (TPSA) is 95.7 Å². The fraction of sp³-hybridized carbons (Fsp3) is 0.160. The number of rotatable bonds is 10. The summed E-state index contributed by atoms with van der Waals surface area (Å²) in [5, 5.41) is 11.6.